The molecule has 0 radical (unpaired) electrons. The van der Waals surface area contributed by atoms with Gasteiger partial charge in [-0.05, 0) is 19.3 Å². The second kappa shape index (κ2) is 19.6. The van der Waals surface area contributed by atoms with Crippen LogP contribution in [0.1, 0.15) is 96.8 Å². The van der Waals surface area contributed by atoms with E-state index in [0.29, 0.717) is 25.8 Å². The average Bonchev–Trinajstić information content (AvgIpc) is 2.67. The number of amides is 1. The topological polar surface area (TPSA) is 95.9 Å². The zero-order chi connectivity index (χ0) is 20.2. The second-order valence-electron chi connectivity index (χ2n) is 7.26. The Morgan fingerprint density at radius 2 is 1.41 bits per heavy atom. The Labute approximate surface area is 165 Å². The van der Waals surface area contributed by atoms with Crippen LogP contribution in [-0.2, 0) is 14.3 Å². The third kappa shape index (κ3) is 19.4. The molecule has 0 aliphatic heterocycles. The summed E-state index contributed by atoms with van der Waals surface area (Å²) in [6.07, 6.45) is 13.5. The smallest absolute Gasteiger partial charge is 0.305 e. The first-order chi connectivity index (χ1) is 13.1. The summed E-state index contributed by atoms with van der Waals surface area (Å²) in [6, 6.07) is 0. The summed E-state index contributed by atoms with van der Waals surface area (Å²) in [7, 11) is 0. The van der Waals surface area contributed by atoms with Crippen LogP contribution in [0.15, 0.2) is 0 Å². The number of carbonyl (C=O) groups excluding carboxylic acids is 2. The SMILES string of the molecule is CCCCCCCCCCCC(=O)NCCCCCC(=O)OCC(O)CO. The molecule has 0 saturated heterocycles. The van der Waals surface area contributed by atoms with E-state index in [9.17, 15) is 9.59 Å². The minimum absolute atomic E-state index is 0.121. The van der Waals surface area contributed by atoms with Crippen molar-refractivity contribution in [2.75, 3.05) is 19.8 Å². The fourth-order valence-electron chi connectivity index (χ4n) is 2.80. The zero-order valence-corrected chi connectivity index (χ0v) is 17.2. The van der Waals surface area contributed by atoms with Crippen molar-refractivity contribution in [1.29, 1.82) is 0 Å². The molecule has 27 heavy (non-hydrogen) atoms. The first-order valence-corrected chi connectivity index (χ1v) is 10.8. The number of esters is 1. The van der Waals surface area contributed by atoms with Crippen LogP contribution in [0.2, 0.25) is 0 Å². The molecule has 1 unspecified atom stereocenters. The third-order valence-corrected chi connectivity index (χ3v) is 4.53. The molecule has 0 bridgehead atoms. The monoisotopic (exact) mass is 387 g/mol. The fourth-order valence-corrected chi connectivity index (χ4v) is 2.80. The standard InChI is InChI=1S/C21H41NO5/c1-2-3-4-5-6-7-8-9-11-14-20(25)22-16-13-10-12-15-21(26)27-18-19(24)17-23/h19,23-24H,2-18H2,1H3,(H,22,25). The molecule has 0 aromatic rings. The Hall–Kier alpha value is -1.14. The molecule has 0 aromatic heterocycles. The predicted octanol–water partition coefficient (Wildman–Crippen LogP) is 3.48. The number of carbonyl (C=O) groups is 2. The molecule has 3 N–H and O–H groups in total. The van der Waals surface area contributed by atoms with Crippen LogP contribution in [0, 0.1) is 0 Å². The predicted molar refractivity (Wildman–Crippen MR) is 107 cm³/mol. The molecule has 6 nitrogen and oxygen atoms in total. The van der Waals surface area contributed by atoms with Gasteiger partial charge in [-0.25, -0.2) is 0 Å². The molecule has 0 spiro atoms. The van der Waals surface area contributed by atoms with E-state index < -0.39 is 12.7 Å². The third-order valence-electron chi connectivity index (χ3n) is 4.53. The molecule has 0 aliphatic rings. The highest BCUT2D eigenvalue weighted by molar-refractivity contribution is 5.75. The number of aliphatic hydroxyl groups excluding tert-OH is 2. The Morgan fingerprint density at radius 1 is 0.852 bits per heavy atom. The summed E-state index contributed by atoms with van der Waals surface area (Å²) in [5.41, 5.74) is 0. The van der Waals surface area contributed by atoms with Crippen LogP contribution in [-0.4, -0.2) is 48.0 Å². The average molecular weight is 388 g/mol. The van der Waals surface area contributed by atoms with Crippen molar-refractivity contribution in [3.05, 3.63) is 0 Å². The lowest BCUT2D eigenvalue weighted by atomic mass is 10.1. The van der Waals surface area contributed by atoms with E-state index in [1.54, 1.807) is 0 Å². The van der Waals surface area contributed by atoms with Gasteiger partial charge in [-0.1, -0.05) is 64.7 Å². The van der Waals surface area contributed by atoms with Crippen molar-refractivity contribution in [2.24, 2.45) is 0 Å². The number of ether oxygens (including phenoxy) is 1. The van der Waals surface area contributed by atoms with Gasteiger partial charge in [-0.2, -0.15) is 0 Å². The fraction of sp³-hybridized carbons (Fsp3) is 0.905. The highest BCUT2D eigenvalue weighted by Crippen LogP contribution is 2.10. The minimum Gasteiger partial charge on any atom is -0.463 e. The minimum atomic E-state index is -1.00. The summed E-state index contributed by atoms with van der Waals surface area (Å²) in [6.45, 7) is 2.31. The molecule has 0 fully saturated rings. The molecular weight excluding hydrogens is 346 g/mol. The van der Waals surface area contributed by atoms with Gasteiger partial charge in [0.05, 0.1) is 6.61 Å². The maximum absolute atomic E-state index is 11.7. The highest BCUT2D eigenvalue weighted by atomic mass is 16.5. The van der Waals surface area contributed by atoms with Crippen molar-refractivity contribution in [2.45, 2.75) is 103 Å². The Bertz CT molecular complexity index is 362. The number of rotatable bonds is 19. The van der Waals surface area contributed by atoms with Gasteiger partial charge in [-0.15, -0.1) is 0 Å². The molecule has 0 heterocycles. The molecule has 1 amide bonds. The number of aliphatic hydroxyl groups is 2. The molecular formula is C21H41NO5. The van der Waals surface area contributed by atoms with Gasteiger partial charge in [0.25, 0.3) is 0 Å². The summed E-state index contributed by atoms with van der Waals surface area (Å²) in [4.78, 5) is 23.1. The van der Waals surface area contributed by atoms with Gasteiger partial charge < -0.3 is 20.3 Å². The molecule has 160 valence electrons. The first-order valence-electron chi connectivity index (χ1n) is 10.8. The summed E-state index contributed by atoms with van der Waals surface area (Å²) >= 11 is 0. The lowest BCUT2D eigenvalue weighted by molar-refractivity contribution is -0.147. The number of unbranched alkanes of at least 4 members (excludes halogenated alkanes) is 10. The summed E-state index contributed by atoms with van der Waals surface area (Å²) < 4.78 is 4.82. The molecule has 0 saturated carbocycles. The van der Waals surface area contributed by atoms with Crippen molar-refractivity contribution < 1.29 is 24.5 Å². The lowest BCUT2D eigenvalue weighted by Crippen LogP contribution is -2.24. The van der Waals surface area contributed by atoms with E-state index in [-0.39, 0.29) is 18.5 Å². The van der Waals surface area contributed by atoms with Crippen LogP contribution >= 0.6 is 0 Å². The van der Waals surface area contributed by atoms with E-state index >= 15 is 0 Å². The lowest BCUT2D eigenvalue weighted by Gasteiger charge is -2.08. The van der Waals surface area contributed by atoms with E-state index in [4.69, 9.17) is 14.9 Å². The Balaban J connectivity index is 3.31. The van der Waals surface area contributed by atoms with Gasteiger partial charge in [0.15, 0.2) is 0 Å². The molecule has 0 aliphatic carbocycles. The van der Waals surface area contributed by atoms with Crippen LogP contribution in [0.3, 0.4) is 0 Å². The van der Waals surface area contributed by atoms with Crippen molar-refractivity contribution >= 4 is 11.9 Å². The van der Waals surface area contributed by atoms with Crippen LogP contribution in [0.4, 0.5) is 0 Å². The second-order valence-corrected chi connectivity index (χ2v) is 7.26. The maximum Gasteiger partial charge on any atom is 0.305 e. The van der Waals surface area contributed by atoms with E-state index in [0.717, 1.165) is 25.7 Å². The van der Waals surface area contributed by atoms with E-state index in [2.05, 4.69) is 12.2 Å². The Kier molecular flexibility index (Phi) is 18.8. The highest BCUT2D eigenvalue weighted by Gasteiger charge is 2.07. The maximum atomic E-state index is 11.7. The normalized spacial score (nSPS) is 12.0. The number of nitrogens with one attached hydrogen (secondary N) is 1. The molecule has 6 heteroatoms. The quantitative estimate of drug-likeness (QED) is 0.233. The van der Waals surface area contributed by atoms with E-state index in [1.807, 2.05) is 0 Å². The largest absolute Gasteiger partial charge is 0.463 e. The van der Waals surface area contributed by atoms with Crippen LogP contribution in [0.25, 0.3) is 0 Å². The first kappa shape index (κ1) is 25.9. The van der Waals surface area contributed by atoms with Crippen molar-refractivity contribution in [3.8, 4) is 0 Å². The van der Waals surface area contributed by atoms with Gasteiger partial charge in [0, 0.05) is 19.4 Å². The Morgan fingerprint density at radius 3 is 2.04 bits per heavy atom. The van der Waals surface area contributed by atoms with Gasteiger partial charge in [0.2, 0.25) is 5.91 Å². The van der Waals surface area contributed by atoms with Crippen LogP contribution < -0.4 is 5.32 Å². The zero-order valence-electron chi connectivity index (χ0n) is 17.2. The molecule has 0 aromatic carbocycles. The van der Waals surface area contributed by atoms with E-state index in [1.165, 1.54) is 44.9 Å². The molecule has 1 atom stereocenters. The number of hydrogen-bond acceptors (Lipinski definition) is 5. The van der Waals surface area contributed by atoms with Gasteiger partial charge >= 0.3 is 5.97 Å². The van der Waals surface area contributed by atoms with Gasteiger partial charge in [0.1, 0.15) is 12.7 Å². The van der Waals surface area contributed by atoms with Crippen molar-refractivity contribution in [1.82, 2.24) is 5.32 Å². The van der Waals surface area contributed by atoms with Crippen LogP contribution in [0.5, 0.6) is 0 Å². The van der Waals surface area contributed by atoms with Gasteiger partial charge in [-0.3, -0.25) is 9.59 Å². The van der Waals surface area contributed by atoms with Crippen molar-refractivity contribution in [3.63, 3.8) is 0 Å². The number of hydrogen-bond donors (Lipinski definition) is 3. The molecule has 0 rings (SSSR count). The summed E-state index contributed by atoms with van der Waals surface area (Å²) in [5, 5.41) is 20.6. The summed E-state index contributed by atoms with van der Waals surface area (Å²) in [5.74, 6) is -0.243.